The molecule has 0 radical (unpaired) electrons. The average molecular weight is 332 g/mol. The number of carbonyl (C=O) groups excluding carboxylic acids is 2. The second-order valence-electron chi connectivity index (χ2n) is 5.68. The maximum atomic E-state index is 11.1. The largest absolute Gasteiger partial charge is 0.504 e. The maximum absolute atomic E-state index is 11.1. The number of ether oxygens (including phenoxy) is 2. The molecule has 0 aliphatic rings. The van der Waals surface area contributed by atoms with Gasteiger partial charge in [-0.3, -0.25) is 9.59 Å². The van der Waals surface area contributed by atoms with Crippen LogP contribution < -0.4 is 9.47 Å². The van der Waals surface area contributed by atoms with Gasteiger partial charge >= 0.3 is 0 Å². The lowest BCUT2D eigenvalue weighted by molar-refractivity contribution is 0.109. The van der Waals surface area contributed by atoms with Crippen molar-refractivity contribution in [3.63, 3.8) is 0 Å². The van der Waals surface area contributed by atoms with Gasteiger partial charge in [-0.05, 0) is 45.8 Å². The first kappa shape index (κ1) is 19.5. The van der Waals surface area contributed by atoms with Crippen LogP contribution in [-0.4, -0.2) is 31.4 Å². The quantitative estimate of drug-likeness (QED) is 0.544. The molecule has 5 nitrogen and oxygen atoms in total. The van der Waals surface area contributed by atoms with Crippen molar-refractivity contribution < 1.29 is 24.2 Å². The molecule has 0 saturated carbocycles. The highest BCUT2D eigenvalue weighted by Crippen LogP contribution is 2.40. The highest BCUT2D eigenvalue weighted by molar-refractivity contribution is 5.95. The number of aromatic hydroxyl groups is 1. The van der Waals surface area contributed by atoms with E-state index in [0.29, 0.717) is 12.6 Å². The summed E-state index contributed by atoms with van der Waals surface area (Å²) >= 11 is 0. The molecule has 1 aromatic rings. The second kappa shape index (κ2) is 9.55. The fourth-order valence-electron chi connectivity index (χ4n) is 2.13. The maximum Gasteiger partial charge on any atom is 0.204 e. The zero-order valence-electron chi connectivity index (χ0n) is 14.6. The first-order valence-electron chi connectivity index (χ1n) is 7.70. The van der Waals surface area contributed by atoms with E-state index in [1.54, 1.807) is 0 Å². The van der Waals surface area contributed by atoms with Crippen LogP contribution in [-0.2, 0) is 0 Å². The Hall–Kier alpha value is -2.56. The van der Waals surface area contributed by atoms with Crippen molar-refractivity contribution in [2.24, 2.45) is 0 Å². The Morgan fingerprint density at radius 3 is 2.42 bits per heavy atom. The van der Waals surface area contributed by atoms with Gasteiger partial charge in [0.2, 0.25) is 5.75 Å². The van der Waals surface area contributed by atoms with Gasteiger partial charge < -0.3 is 14.6 Å². The molecule has 1 aromatic carbocycles. The minimum Gasteiger partial charge on any atom is -0.504 e. The molecule has 0 aliphatic carbocycles. The fraction of sp³-hybridized carbons (Fsp3) is 0.368. The first-order valence-corrected chi connectivity index (χ1v) is 7.70. The van der Waals surface area contributed by atoms with Crippen LogP contribution in [0.4, 0.5) is 0 Å². The summed E-state index contributed by atoms with van der Waals surface area (Å²) in [5, 5.41) is 10.2. The number of hydrogen-bond donors (Lipinski definition) is 1. The molecule has 0 unspecified atom stereocenters. The van der Waals surface area contributed by atoms with Crippen molar-refractivity contribution in [3.8, 4) is 17.2 Å². The number of aldehydes is 2. The predicted molar refractivity (Wildman–Crippen MR) is 93.4 cm³/mol. The van der Waals surface area contributed by atoms with Gasteiger partial charge in [-0.2, -0.15) is 0 Å². The summed E-state index contributed by atoms with van der Waals surface area (Å²) in [7, 11) is 1.40. The van der Waals surface area contributed by atoms with Gasteiger partial charge in [-0.25, -0.2) is 0 Å². The van der Waals surface area contributed by atoms with Crippen LogP contribution in [0.3, 0.4) is 0 Å². The Morgan fingerprint density at radius 2 is 1.88 bits per heavy atom. The fourth-order valence-corrected chi connectivity index (χ4v) is 2.13. The van der Waals surface area contributed by atoms with E-state index >= 15 is 0 Å². The number of phenols is 1. The van der Waals surface area contributed by atoms with Crippen LogP contribution in [0, 0.1) is 0 Å². The molecule has 0 saturated heterocycles. The Labute approximate surface area is 142 Å². The third kappa shape index (κ3) is 5.26. The molecule has 0 spiro atoms. The zero-order chi connectivity index (χ0) is 18.1. The SMILES string of the molecule is COc1cc(C=O)c(C=O)c(O)c1OCC=C(C)CCC=C(C)C. The minimum absolute atomic E-state index is 0.0542. The first-order chi connectivity index (χ1) is 11.4. The molecule has 0 bridgehead atoms. The number of carbonyl (C=O) groups is 2. The van der Waals surface area contributed by atoms with Crippen LogP contribution in [0.15, 0.2) is 29.4 Å². The molecule has 1 N–H and O–H groups in total. The summed E-state index contributed by atoms with van der Waals surface area (Å²) < 4.78 is 10.7. The van der Waals surface area contributed by atoms with Gasteiger partial charge in [0.15, 0.2) is 24.1 Å². The van der Waals surface area contributed by atoms with Gasteiger partial charge in [0.05, 0.1) is 12.7 Å². The van der Waals surface area contributed by atoms with Crippen LogP contribution in [0.5, 0.6) is 17.2 Å². The van der Waals surface area contributed by atoms with E-state index in [1.165, 1.54) is 18.7 Å². The van der Waals surface area contributed by atoms with E-state index < -0.39 is 0 Å². The molecule has 5 heteroatoms. The second-order valence-corrected chi connectivity index (χ2v) is 5.68. The molecule has 0 atom stereocenters. The van der Waals surface area contributed by atoms with E-state index in [9.17, 15) is 14.7 Å². The van der Waals surface area contributed by atoms with Gasteiger partial charge in [0.1, 0.15) is 6.61 Å². The van der Waals surface area contributed by atoms with Crippen molar-refractivity contribution >= 4 is 12.6 Å². The molecule has 0 aliphatic heterocycles. The number of allylic oxidation sites excluding steroid dienone is 3. The smallest absolute Gasteiger partial charge is 0.204 e. The lowest BCUT2D eigenvalue weighted by atomic mass is 10.1. The molecule has 0 amide bonds. The summed E-state index contributed by atoms with van der Waals surface area (Å²) in [6.07, 6.45) is 6.87. The minimum atomic E-state index is -0.387. The lowest BCUT2D eigenvalue weighted by Crippen LogP contribution is -2.02. The number of benzene rings is 1. The topological polar surface area (TPSA) is 72.8 Å². The summed E-state index contributed by atoms with van der Waals surface area (Å²) in [5.74, 6) is -0.128. The summed E-state index contributed by atoms with van der Waals surface area (Å²) in [6, 6.07) is 1.37. The average Bonchev–Trinajstić information content (AvgIpc) is 2.55. The van der Waals surface area contributed by atoms with Gasteiger partial charge in [0, 0.05) is 5.56 Å². The Kier molecular flexibility index (Phi) is 7.75. The highest BCUT2D eigenvalue weighted by atomic mass is 16.5. The van der Waals surface area contributed by atoms with E-state index in [1.807, 2.05) is 13.0 Å². The van der Waals surface area contributed by atoms with E-state index in [4.69, 9.17) is 9.47 Å². The normalized spacial score (nSPS) is 10.9. The lowest BCUT2D eigenvalue weighted by Gasteiger charge is -2.14. The monoisotopic (exact) mass is 332 g/mol. The van der Waals surface area contributed by atoms with Crippen molar-refractivity contribution in [3.05, 3.63) is 40.5 Å². The zero-order valence-corrected chi connectivity index (χ0v) is 14.6. The van der Waals surface area contributed by atoms with Crippen LogP contribution in [0.25, 0.3) is 0 Å². The standard InChI is InChI=1S/C19H24O5/c1-13(2)6-5-7-14(3)8-9-24-19-17(23-4)10-15(11-20)16(12-21)18(19)22/h6,8,10-12,22H,5,7,9H2,1-4H3. The summed E-state index contributed by atoms with van der Waals surface area (Å²) in [4.78, 5) is 22.1. The summed E-state index contributed by atoms with van der Waals surface area (Å²) in [6.45, 7) is 6.35. The number of rotatable bonds is 9. The number of phenolic OH excluding ortho intramolecular Hbond substituents is 1. The van der Waals surface area contributed by atoms with Gasteiger partial charge in [-0.1, -0.05) is 17.2 Å². The summed E-state index contributed by atoms with van der Waals surface area (Å²) in [5.41, 5.74) is 2.39. The molecule has 0 aromatic heterocycles. The van der Waals surface area contributed by atoms with Crippen molar-refractivity contribution in [2.75, 3.05) is 13.7 Å². The predicted octanol–water partition coefficient (Wildman–Crippen LogP) is 4.10. The van der Waals surface area contributed by atoms with Crippen LogP contribution >= 0.6 is 0 Å². The Balaban J connectivity index is 2.89. The van der Waals surface area contributed by atoms with Gasteiger partial charge in [0.25, 0.3) is 0 Å². The molecule has 130 valence electrons. The number of hydrogen-bond acceptors (Lipinski definition) is 5. The van der Waals surface area contributed by atoms with E-state index in [0.717, 1.165) is 18.4 Å². The Morgan fingerprint density at radius 1 is 1.17 bits per heavy atom. The molecular weight excluding hydrogens is 308 g/mol. The molecule has 1 rings (SSSR count). The van der Waals surface area contributed by atoms with Crippen LogP contribution in [0.1, 0.15) is 54.3 Å². The van der Waals surface area contributed by atoms with Crippen molar-refractivity contribution in [1.82, 2.24) is 0 Å². The molecule has 24 heavy (non-hydrogen) atoms. The van der Waals surface area contributed by atoms with Crippen molar-refractivity contribution in [2.45, 2.75) is 33.6 Å². The molecule has 0 heterocycles. The molecular formula is C19H24O5. The third-order valence-corrected chi connectivity index (χ3v) is 3.51. The number of methoxy groups -OCH3 is 1. The third-order valence-electron chi connectivity index (χ3n) is 3.51. The van der Waals surface area contributed by atoms with Gasteiger partial charge in [-0.15, -0.1) is 0 Å². The van der Waals surface area contributed by atoms with E-state index in [-0.39, 0.29) is 35.0 Å². The van der Waals surface area contributed by atoms with Crippen molar-refractivity contribution in [1.29, 1.82) is 0 Å². The molecule has 0 fully saturated rings. The van der Waals surface area contributed by atoms with E-state index in [2.05, 4.69) is 19.9 Å². The highest BCUT2D eigenvalue weighted by Gasteiger charge is 2.19. The van der Waals surface area contributed by atoms with Crippen LogP contribution in [0.2, 0.25) is 0 Å². The Bertz CT molecular complexity index is 652.